The highest BCUT2D eigenvalue weighted by Gasteiger charge is 2.42. The summed E-state index contributed by atoms with van der Waals surface area (Å²) in [6, 6.07) is 5.53. The van der Waals surface area contributed by atoms with Crippen LogP contribution in [-0.2, 0) is 24.0 Å². The van der Waals surface area contributed by atoms with Crippen molar-refractivity contribution in [3.05, 3.63) is 61.4 Å². The number of benzene rings is 1. The lowest BCUT2D eigenvalue weighted by molar-refractivity contribution is -0.136. The third-order valence-corrected chi connectivity index (χ3v) is 5.79. The van der Waals surface area contributed by atoms with Crippen molar-refractivity contribution in [2.24, 2.45) is 11.0 Å². The number of nitrogens with zero attached hydrogens (tertiary/aromatic N) is 1. The second kappa shape index (κ2) is 10.4. The van der Waals surface area contributed by atoms with Crippen LogP contribution in [0.25, 0.3) is 11.3 Å². The topological polar surface area (TPSA) is 137 Å². The van der Waals surface area contributed by atoms with Crippen LogP contribution in [0.4, 0.5) is 4.39 Å². The molecule has 0 saturated carbocycles. The van der Waals surface area contributed by atoms with Crippen LogP contribution in [0.1, 0.15) is 41.2 Å². The molecule has 3 rings (SSSR count). The number of ether oxygens (including phenoxy) is 1. The average molecular weight is 482 g/mol. The van der Waals surface area contributed by atoms with Gasteiger partial charge in [0.1, 0.15) is 11.7 Å². The molecule has 12 heteroatoms. The molecule has 3 N–H and O–H groups in total. The minimum atomic E-state index is -1.37. The normalized spacial score (nSPS) is 16.4. The Kier molecular flexibility index (Phi) is 7.67. The molecule has 1 atom stereocenters. The number of nitrogens with two attached hydrogens (primary N) is 1. The van der Waals surface area contributed by atoms with Crippen molar-refractivity contribution in [3.63, 3.8) is 0 Å². The van der Waals surface area contributed by atoms with Gasteiger partial charge in [-0.25, -0.2) is 4.39 Å². The molecule has 1 aromatic heterocycles. The number of halogens is 2. The van der Waals surface area contributed by atoms with E-state index in [9.17, 15) is 23.7 Å². The molecule has 1 aromatic carbocycles. The van der Waals surface area contributed by atoms with Crippen molar-refractivity contribution in [1.29, 1.82) is 0 Å². The van der Waals surface area contributed by atoms with Crippen molar-refractivity contribution in [2.75, 3.05) is 6.61 Å². The highest BCUT2D eigenvalue weighted by Crippen LogP contribution is 2.44. The van der Waals surface area contributed by atoms with Gasteiger partial charge in [-0.05, 0) is 47.5 Å². The molecule has 0 spiro atoms. The Morgan fingerprint density at radius 1 is 1.31 bits per heavy atom. The zero-order chi connectivity index (χ0) is 23.3. The van der Waals surface area contributed by atoms with Gasteiger partial charge in [0, 0.05) is 6.42 Å². The van der Waals surface area contributed by atoms with E-state index in [1.54, 1.807) is 23.1 Å². The van der Waals surface area contributed by atoms with Gasteiger partial charge in [0.25, 0.3) is 0 Å². The first-order chi connectivity index (χ1) is 15.3. The minimum absolute atomic E-state index is 0.0185. The molecule has 1 unspecified atom stereocenters. The number of hydrogen-bond donors (Lipinski definition) is 2. The molecule has 0 saturated heterocycles. The second-order valence-electron chi connectivity index (χ2n) is 6.70. The smallest absolute Gasteiger partial charge is 0.311 e. The molecular formula is C20H17ClFN3O6S. The summed E-state index contributed by atoms with van der Waals surface area (Å²) in [4.78, 5) is 52.6. The fourth-order valence-electron chi connectivity index (χ4n) is 3.27. The summed E-state index contributed by atoms with van der Waals surface area (Å²) in [6.07, 6.45) is 0.776. The lowest BCUT2D eigenvalue weighted by Gasteiger charge is -2.11. The summed E-state index contributed by atoms with van der Waals surface area (Å²) in [7, 11) is 0. The van der Waals surface area contributed by atoms with Crippen molar-refractivity contribution < 1.29 is 28.3 Å². The minimum Gasteiger partial charge on any atom is -0.424 e. The van der Waals surface area contributed by atoms with Crippen LogP contribution < -0.4 is 11.3 Å². The lowest BCUT2D eigenvalue weighted by Crippen LogP contribution is -2.25. The van der Waals surface area contributed by atoms with E-state index in [1.807, 2.05) is 0 Å². The summed E-state index contributed by atoms with van der Waals surface area (Å²) in [6.45, 7) is 0.143. The van der Waals surface area contributed by atoms with Crippen LogP contribution in [-0.4, -0.2) is 24.3 Å². The van der Waals surface area contributed by atoms with Gasteiger partial charge in [0.15, 0.2) is 11.5 Å². The molecule has 0 bridgehead atoms. The molecule has 9 nitrogen and oxygen atoms in total. The molecule has 1 aliphatic rings. The number of carbonyl (C=O) groups is 3. The Labute approximate surface area is 190 Å². The number of unbranched alkanes of at least 4 members (excludes halogenated alkanes) is 1. The van der Waals surface area contributed by atoms with Crippen LogP contribution in [0.2, 0.25) is 5.02 Å². The summed E-state index contributed by atoms with van der Waals surface area (Å²) in [5.74, 6) is -4.52. The van der Waals surface area contributed by atoms with Crippen molar-refractivity contribution in [3.8, 4) is 0 Å². The van der Waals surface area contributed by atoms with Crippen LogP contribution in [0.3, 0.4) is 0 Å². The van der Waals surface area contributed by atoms with Crippen molar-refractivity contribution in [1.82, 2.24) is 5.59 Å². The molecule has 32 heavy (non-hydrogen) atoms. The Hall–Kier alpha value is -3.15. The monoisotopic (exact) mass is 481 g/mol. The Balaban J connectivity index is 1.95. The van der Waals surface area contributed by atoms with Gasteiger partial charge in [-0.1, -0.05) is 17.7 Å². The number of amides is 1. The number of hydrogen-bond acceptors (Lipinski definition) is 8. The molecule has 2 aromatic rings. The maximum Gasteiger partial charge on any atom is 0.311 e. The maximum absolute atomic E-state index is 14.2. The zero-order valence-electron chi connectivity index (χ0n) is 16.4. The van der Waals surface area contributed by atoms with Crippen LogP contribution in [0.15, 0.2) is 34.9 Å². The number of fused-ring (bicyclic) bond motifs is 1. The standard InChI is InChI=1S/C20H17ClFN3O6S/c21-12-8-10-11(9-13(12)22)16(18(27)17(10)20(23)28)19(14-4-3-7-32-14)31-15(26)5-1-2-6-30-25-24-29/h3-4,7-9,17H,1-2,5-6H2,(H2,23,28)(H,25,29). The Morgan fingerprint density at radius 2 is 2.09 bits per heavy atom. The zero-order valence-corrected chi connectivity index (χ0v) is 18.0. The number of esters is 1. The Bertz CT molecular complexity index is 1090. The molecule has 0 fully saturated rings. The van der Waals surface area contributed by atoms with Gasteiger partial charge in [0.05, 0.1) is 27.4 Å². The SMILES string of the molecule is NC(=O)C1C(=O)C(=C(OC(=O)CCCCONN=O)c2cccs2)c2cc(F)c(Cl)cc21. The molecule has 1 heterocycles. The number of allylic oxidation sites excluding steroid dienone is 1. The van der Waals surface area contributed by atoms with Crippen LogP contribution >= 0.6 is 22.9 Å². The maximum atomic E-state index is 14.2. The van der Waals surface area contributed by atoms with E-state index in [-0.39, 0.29) is 40.5 Å². The molecule has 0 aliphatic heterocycles. The fourth-order valence-corrected chi connectivity index (χ4v) is 4.15. The number of rotatable bonds is 10. The lowest BCUT2D eigenvalue weighted by atomic mass is 10.00. The number of nitroso groups, excluding NO2 is 1. The van der Waals surface area contributed by atoms with Crippen LogP contribution in [0.5, 0.6) is 0 Å². The summed E-state index contributed by atoms with van der Waals surface area (Å²) >= 11 is 7.05. The summed E-state index contributed by atoms with van der Waals surface area (Å²) in [5, 5.41) is 3.77. The van der Waals surface area contributed by atoms with E-state index < -0.39 is 29.4 Å². The fraction of sp³-hybridized carbons (Fsp3) is 0.250. The third-order valence-electron chi connectivity index (χ3n) is 4.63. The number of nitrogens with one attached hydrogen (secondary N) is 1. The van der Waals surface area contributed by atoms with Gasteiger partial charge in [0.2, 0.25) is 5.91 Å². The van der Waals surface area contributed by atoms with Crippen molar-refractivity contribution >= 4 is 51.9 Å². The second-order valence-corrected chi connectivity index (χ2v) is 8.05. The first-order valence-electron chi connectivity index (χ1n) is 9.36. The van der Waals surface area contributed by atoms with Gasteiger partial charge >= 0.3 is 5.97 Å². The predicted octanol–water partition coefficient (Wildman–Crippen LogP) is 3.48. The van der Waals surface area contributed by atoms with Gasteiger partial charge in [-0.15, -0.1) is 21.8 Å². The van der Waals surface area contributed by atoms with E-state index in [4.69, 9.17) is 22.1 Å². The largest absolute Gasteiger partial charge is 0.424 e. The van der Waals surface area contributed by atoms with E-state index >= 15 is 0 Å². The number of Topliss-reactive ketones (excluding diaryl/α,β-unsaturated/α-hetero) is 1. The highest BCUT2D eigenvalue weighted by molar-refractivity contribution is 7.11. The summed E-state index contributed by atoms with van der Waals surface area (Å²) < 4.78 is 19.8. The number of thiophene rings is 1. The van der Waals surface area contributed by atoms with Gasteiger partial charge < -0.3 is 10.5 Å². The quantitative estimate of drug-likeness (QED) is 0.101. The molecule has 0 radical (unpaired) electrons. The third kappa shape index (κ3) is 5.01. The first kappa shape index (κ1) is 23.5. The van der Waals surface area contributed by atoms with Crippen LogP contribution in [0, 0.1) is 10.7 Å². The summed E-state index contributed by atoms with van der Waals surface area (Å²) in [5.41, 5.74) is 7.35. The van der Waals surface area contributed by atoms with E-state index in [0.717, 1.165) is 6.07 Å². The highest BCUT2D eigenvalue weighted by atomic mass is 35.5. The van der Waals surface area contributed by atoms with Crippen molar-refractivity contribution in [2.45, 2.75) is 25.2 Å². The Morgan fingerprint density at radius 3 is 2.75 bits per heavy atom. The molecule has 1 aliphatic carbocycles. The van der Waals surface area contributed by atoms with E-state index in [0.29, 0.717) is 17.7 Å². The first-order valence-corrected chi connectivity index (χ1v) is 10.6. The average Bonchev–Trinajstić information content (AvgIpc) is 3.36. The van der Waals surface area contributed by atoms with E-state index in [2.05, 4.69) is 10.1 Å². The van der Waals surface area contributed by atoms with Gasteiger partial charge in [-0.2, -0.15) is 0 Å². The number of carbonyl (C=O) groups excluding carboxylic acids is 3. The molecule has 1 amide bonds. The van der Waals surface area contributed by atoms with Gasteiger partial charge in [-0.3, -0.25) is 19.2 Å². The molecular weight excluding hydrogens is 465 g/mol. The number of primary amides is 1. The van der Waals surface area contributed by atoms with E-state index in [1.165, 1.54) is 17.4 Å². The number of ketones is 1. The molecule has 168 valence electrons. The predicted molar refractivity (Wildman–Crippen MR) is 114 cm³/mol.